The molecular weight excluding hydrogens is 1650 g/mol. The van der Waals surface area contributed by atoms with Crippen LogP contribution in [-0.4, -0.2) is 256 Å². The SMILES string of the molecule is CC(C)C[C@H](NC(=O)[C@H](CCCCN)NC(=O)[C@@H](NC(=O)[C@H](CC(C)C)NC(=O)[C@@H]1CCCN1C(=O)[C@H](CC(=O)O)NC(=O)[C@H](Cc1ccc(O)cc1)NC(=O)[C@H](Cc1c[nH]c2ccccc12)NC(=O)[C@H](CC(N)=O)NC(=O)[C@H](C)N)[C@@H](C)O)C(=O)N[C@@H](Cc1c[nH]c2ccccc12)C(=O)N[C@@H](Cc1ccccc1)C(=O)N1CCC[C@H]1C(=O)N[C@@H](CC(=O)O)C(=O)O. The summed E-state index contributed by atoms with van der Waals surface area (Å²) in [5.74, 6) is -19.2. The molecule has 2 aliphatic rings. The molecule has 4 aromatic carbocycles. The van der Waals surface area contributed by atoms with Gasteiger partial charge in [-0.05, 0) is 137 Å². The molecule has 0 aliphatic carbocycles. The second kappa shape index (κ2) is 47.1. The van der Waals surface area contributed by atoms with Crippen molar-refractivity contribution in [3.8, 4) is 5.75 Å². The lowest BCUT2D eigenvalue weighted by molar-refractivity contribution is -0.148. The fourth-order valence-corrected chi connectivity index (χ4v) is 15.3. The van der Waals surface area contributed by atoms with E-state index in [-0.39, 0.29) is 108 Å². The van der Waals surface area contributed by atoms with Gasteiger partial charge in [0.05, 0.1) is 31.4 Å². The predicted molar refractivity (Wildman–Crippen MR) is 460 cm³/mol. The van der Waals surface area contributed by atoms with Crippen LogP contribution in [0.2, 0.25) is 0 Å². The van der Waals surface area contributed by atoms with Crippen LogP contribution in [0.3, 0.4) is 0 Å². The van der Waals surface area contributed by atoms with Gasteiger partial charge in [-0.2, -0.15) is 0 Å². The number of nitrogens with one attached hydrogen (secondary N) is 13. The fourth-order valence-electron chi connectivity index (χ4n) is 15.3. The zero-order chi connectivity index (χ0) is 93.0. The lowest BCUT2D eigenvalue weighted by atomic mass is 9.99. The molecule has 0 spiro atoms. The Morgan fingerprint density at radius 2 is 0.819 bits per heavy atom. The number of unbranched alkanes of at least 4 members (excludes halogenated alkanes) is 1. The van der Waals surface area contributed by atoms with Gasteiger partial charge in [-0.1, -0.05) is 107 Å². The maximum absolute atomic E-state index is 15.2. The Morgan fingerprint density at radius 1 is 0.425 bits per heavy atom. The Labute approximate surface area is 731 Å². The van der Waals surface area contributed by atoms with Gasteiger partial charge < -0.3 is 121 Å². The number of carboxylic acid groups (broad SMARTS) is 3. The Bertz CT molecular complexity index is 4920. The van der Waals surface area contributed by atoms with Gasteiger partial charge in [0.1, 0.15) is 84.3 Å². The van der Waals surface area contributed by atoms with Crippen LogP contribution in [-0.2, 0) is 107 Å². The second-order valence-corrected chi connectivity index (χ2v) is 32.9. The van der Waals surface area contributed by atoms with Crippen molar-refractivity contribution >= 4 is 122 Å². The summed E-state index contributed by atoms with van der Waals surface area (Å²) in [5, 5.41) is 80.6. The monoisotopic (exact) mass is 1760 g/mol. The number of H-pyrrole nitrogens is 2. The average Bonchev–Trinajstić information content (AvgIpc) is 1.73. The van der Waals surface area contributed by atoms with E-state index in [9.17, 15) is 97.5 Å². The van der Waals surface area contributed by atoms with E-state index in [1.54, 1.807) is 119 Å². The van der Waals surface area contributed by atoms with Crippen molar-refractivity contribution in [1.29, 1.82) is 0 Å². The van der Waals surface area contributed by atoms with Gasteiger partial charge in [0.25, 0.3) is 0 Å². The van der Waals surface area contributed by atoms with Crippen LogP contribution in [0.4, 0.5) is 0 Å². The van der Waals surface area contributed by atoms with E-state index in [0.717, 1.165) is 4.90 Å². The van der Waals surface area contributed by atoms with Crippen molar-refractivity contribution < 1.29 is 107 Å². The molecule has 127 heavy (non-hydrogen) atoms. The summed E-state index contributed by atoms with van der Waals surface area (Å²) in [6, 6.07) is 6.05. The highest BCUT2D eigenvalue weighted by Gasteiger charge is 2.45. The summed E-state index contributed by atoms with van der Waals surface area (Å²) >= 11 is 0. The van der Waals surface area contributed by atoms with Gasteiger partial charge >= 0.3 is 17.9 Å². The van der Waals surface area contributed by atoms with E-state index in [2.05, 4.69) is 68.5 Å². The van der Waals surface area contributed by atoms with E-state index in [1.807, 2.05) is 0 Å². The van der Waals surface area contributed by atoms with Crippen LogP contribution in [0.15, 0.2) is 116 Å². The molecule has 2 aliphatic heterocycles. The number of para-hydroxylation sites is 2. The highest BCUT2D eigenvalue weighted by molar-refractivity contribution is 6.02. The number of fused-ring (bicyclic) bond motifs is 2. The zero-order valence-electron chi connectivity index (χ0n) is 71.5. The molecule has 4 heterocycles. The molecule has 2 fully saturated rings. The topological polar surface area (TPSA) is 640 Å². The van der Waals surface area contributed by atoms with E-state index < -0.39 is 217 Å². The highest BCUT2D eigenvalue weighted by atomic mass is 16.4. The van der Waals surface area contributed by atoms with E-state index in [1.165, 1.54) is 43.0 Å². The number of aromatic nitrogens is 2. The molecule has 14 amide bonds. The van der Waals surface area contributed by atoms with Gasteiger partial charge in [-0.3, -0.25) is 76.7 Å². The third-order valence-corrected chi connectivity index (χ3v) is 21.8. The summed E-state index contributed by atoms with van der Waals surface area (Å²) in [4.78, 5) is 247. The molecule has 15 atom stereocenters. The lowest BCUT2D eigenvalue weighted by Gasteiger charge is -2.31. The Morgan fingerprint density at radius 3 is 1.30 bits per heavy atom. The van der Waals surface area contributed by atoms with Crippen LogP contribution >= 0.6 is 0 Å². The summed E-state index contributed by atoms with van der Waals surface area (Å²) in [5.41, 5.74) is 20.3. The number of aliphatic hydroxyl groups excluding tert-OH is 1. The minimum atomic E-state index is -1.96. The molecular formula is C87H116N18O22. The van der Waals surface area contributed by atoms with E-state index >= 15 is 9.59 Å². The summed E-state index contributed by atoms with van der Waals surface area (Å²) in [6.07, 6.45) is -1.67. The molecule has 0 bridgehead atoms. The van der Waals surface area contributed by atoms with Crippen molar-refractivity contribution in [3.05, 3.63) is 138 Å². The number of phenolic OH excluding ortho intramolecular Hbond substituents is 1. The lowest BCUT2D eigenvalue weighted by Crippen LogP contribution is -2.62. The van der Waals surface area contributed by atoms with Gasteiger partial charge in [0.15, 0.2) is 0 Å². The number of phenols is 1. The first-order chi connectivity index (χ1) is 60.3. The molecule has 0 radical (unpaired) electrons. The standard InChI is InChI=1S/C87H116N18O22/c1-45(2)34-59(76(115)97-63(39-52-44-92-57-23-13-11-21-55(52)57)79(118)100-65(37-49-18-8-7-9-19-49)85(124)104-32-17-26-69(104)83(122)102-67(87(126)127)42-72(111)112)95-75(114)58(24-14-15-31-88)93-84(123)73(48(6)106)103-81(120)60(35-46(3)4)99-82(121)68-25-16-33-105(68)86(125)66(41-71(109)110)101-77(116)61(36-50-27-29-53(107)30-28-50)96-78(117)62(38-51-43-91-56-22-12-10-20-54(51)56)98-80(119)64(40-70(90)108)94-74(113)47(5)89/h7-13,18-23,27-30,43-48,58-69,73,91-92,106-107H,14-17,24-26,31-42,88-89H2,1-6H3,(H2,90,108)(H,93,123)(H,94,113)(H,95,114)(H,96,117)(H,97,115)(H,98,119)(H,99,121)(H,100,118)(H,101,116)(H,102,122)(H,103,120)(H,109,110)(H,111,112)(H,126,127)/t47-,48+,58-,59-,60-,61-,62-,63-,64-,65-,66-,67-,68-,69-,73-/m0/s1. The third kappa shape index (κ3) is 29.1. The number of aliphatic carboxylic acids is 3. The molecule has 24 N–H and O–H groups in total. The van der Waals surface area contributed by atoms with Gasteiger partial charge in [0, 0.05) is 73.0 Å². The summed E-state index contributed by atoms with van der Waals surface area (Å²) in [6.45, 7) is 9.36. The number of aliphatic hydroxyl groups is 1. The van der Waals surface area contributed by atoms with Gasteiger partial charge in [-0.25, -0.2) is 4.79 Å². The number of primary amides is 1. The molecule has 0 saturated carbocycles. The quantitative estimate of drug-likeness (QED) is 0.0200. The number of likely N-dealkylation sites (tertiary alicyclic amines) is 2. The zero-order valence-corrected chi connectivity index (χ0v) is 71.5. The molecule has 8 rings (SSSR count). The molecule has 40 heteroatoms. The van der Waals surface area contributed by atoms with Crippen LogP contribution in [0.1, 0.15) is 141 Å². The van der Waals surface area contributed by atoms with Crippen molar-refractivity contribution in [2.24, 2.45) is 29.0 Å². The van der Waals surface area contributed by atoms with Crippen molar-refractivity contribution in [3.63, 3.8) is 0 Å². The molecule has 2 saturated heterocycles. The number of benzene rings is 4. The second-order valence-electron chi connectivity index (χ2n) is 32.9. The smallest absolute Gasteiger partial charge is 0.326 e. The van der Waals surface area contributed by atoms with Crippen LogP contribution in [0, 0.1) is 11.8 Å². The first-order valence-electron chi connectivity index (χ1n) is 42.2. The molecule has 6 aromatic rings. The predicted octanol–water partition coefficient (Wildman–Crippen LogP) is -1.20. The molecule has 686 valence electrons. The summed E-state index contributed by atoms with van der Waals surface area (Å²) < 4.78 is 0. The van der Waals surface area contributed by atoms with Crippen molar-refractivity contribution in [2.75, 3.05) is 19.6 Å². The maximum atomic E-state index is 15.2. The number of nitrogens with two attached hydrogens (primary N) is 3. The first kappa shape index (κ1) is 99.1. The van der Waals surface area contributed by atoms with Crippen molar-refractivity contribution in [1.82, 2.24) is 78.3 Å². The Hall–Kier alpha value is -13.4. The summed E-state index contributed by atoms with van der Waals surface area (Å²) in [7, 11) is 0. The van der Waals surface area contributed by atoms with Gasteiger partial charge in [-0.15, -0.1) is 0 Å². The molecule has 2 aromatic heterocycles. The first-order valence-corrected chi connectivity index (χ1v) is 42.2. The Balaban J connectivity index is 0.992. The minimum Gasteiger partial charge on any atom is -0.508 e. The number of carbonyl (C=O) groups excluding carboxylic acids is 14. The number of aromatic hydroxyl groups is 1. The highest BCUT2D eigenvalue weighted by Crippen LogP contribution is 2.27. The third-order valence-electron chi connectivity index (χ3n) is 21.8. The number of carbonyl (C=O) groups is 17. The number of aromatic amines is 2. The number of hydrogen-bond acceptors (Lipinski definition) is 21. The van der Waals surface area contributed by atoms with Gasteiger partial charge in [0.2, 0.25) is 82.7 Å². The fraction of sp³-hybridized carbons (Fsp3) is 0.483. The number of carboxylic acids is 3. The largest absolute Gasteiger partial charge is 0.508 e. The molecule has 40 nitrogen and oxygen atoms in total. The van der Waals surface area contributed by atoms with E-state index in [0.29, 0.717) is 50.5 Å². The van der Waals surface area contributed by atoms with Crippen LogP contribution < -0.4 is 75.7 Å². The number of hydrogen-bond donors (Lipinski definition) is 21. The van der Waals surface area contributed by atoms with Crippen LogP contribution in [0.5, 0.6) is 5.75 Å². The molecule has 0 unspecified atom stereocenters. The van der Waals surface area contributed by atoms with Crippen LogP contribution in [0.25, 0.3) is 21.8 Å². The Kier molecular flexibility index (Phi) is 36.7. The average molecular weight is 1770 g/mol. The number of rotatable bonds is 48. The number of nitrogens with zero attached hydrogens (tertiary/aromatic N) is 2. The normalized spacial score (nSPS) is 16.8. The van der Waals surface area contributed by atoms with E-state index in [4.69, 9.17) is 17.2 Å². The number of amides is 14. The maximum Gasteiger partial charge on any atom is 0.326 e. The van der Waals surface area contributed by atoms with Crippen molar-refractivity contribution in [2.45, 2.75) is 235 Å². The minimum absolute atomic E-state index is 0.00918.